The number of hydrogen-bond acceptors (Lipinski definition) is 5. The minimum absolute atomic E-state index is 0.134. The van der Waals surface area contributed by atoms with Crippen LogP contribution in [0.3, 0.4) is 0 Å². The monoisotopic (exact) mass is 359 g/mol. The van der Waals surface area contributed by atoms with E-state index in [2.05, 4.69) is 0 Å². The number of hydrogen-bond donors (Lipinski definition) is 1. The highest BCUT2D eigenvalue weighted by molar-refractivity contribution is 8.13. The molecule has 1 N–H and O–H groups in total. The fourth-order valence-corrected chi connectivity index (χ4v) is 6.69. The lowest BCUT2D eigenvalue weighted by atomic mass is 9.82. The van der Waals surface area contributed by atoms with Crippen LogP contribution in [-0.4, -0.2) is 57.4 Å². The molecule has 0 spiro atoms. The first-order chi connectivity index (χ1) is 9.69. The van der Waals surface area contributed by atoms with Gasteiger partial charge < -0.3 is 5.11 Å². The molecule has 1 saturated heterocycles. The molecule has 0 radical (unpaired) electrons. The van der Waals surface area contributed by atoms with Gasteiger partial charge in [0.1, 0.15) is 0 Å². The average Bonchev–Trinajstić information content (AvgIpc) is 2.62. The summed E-state index contributed by atoms with van der Waals surface area (Å²) in [6, 6.07) is 0. The molecule has 1 saturated carbocycles. The molecular weight excluding hydrogens is 338 g/mol. The lowest BCUT2D eigenvalue weighted by Crippen LogP contribution is -2.33. The van der Waals surface area contributed by atoms with Gasteiger partial charge in [-0.25, -0.2) is 21.1 Å². The second-order valence-corrected chi connectivity index (χ2v) is 11.1. The Morgan fingerprint density at radius 2 is 1.67 bits per heavy atom. The van der Waals surface area contributed by atoms with Crippen molar-refractivity contribution < 1.29 is 21.9 Å². The number of rotatable bonds is 5. The van der Waals surface area contributed by atoms with Crippen molar-refractivity contribution in [3.63, 3.8) is 0 Å². The Morgan fingerprint density at radius 3 is 2.19 bits per heavy atom. The van der Waals surface area contributed by atoms with Crippen LogP contribution < -0.4 is 0 Å². The third-order valence-electron chi connectivity index (χ3n) is 4.42. The Hall–Kier alpha value is 0.110. The van der Waals surface area contributed by atoms with Gasteiger partial charge in [-0.15, -0.1) is 0 Å². The zero-order chi connectivity index (χ0) is 15.7. The SMILES string of the molecule is O=S(=O)(Cl)CC1CN(CC2CCC(CO)CC2)S(=O)(=O)C1. The maximum atomic E-state index is 12.1. The first-order valence-electron chi connectivity index (χ1n) is 7.20. The molecule has 0 bridgehead atoms. The van der Waals surface area contributed by atoms with Crippen molar-refractivity contribution in [1.29, 1.82) is 0 Å². The smallest absolute Gasteiger partial charge is 0.232 e. The second kappa shape index (κ2) is 6.70. The van der Waals surface area contributed by atoms with E-state index >= 15 is 0 Å². The van der Waals surface area contributed by atoms with Gasteiger partial charge in [-0.2, -0.15) is 0 Å². The van der Waals surface area contributed by atoms with Gasteiger partial charge in [0.25, 0.3) is 0 Å². The minimum Gasteiger partial charge on any atom is -0.396 e. The summed E-state index contributed by atoms with van der Waals surface area (Å²) in [5, 5.41) is 9.11. The van der Waals surface area contributed by atoms with Crippen LogP contribution in [-0.2, 0) is 19.1 Å². The van der Waals surface area contributed by atoms with Crippen molar-refractivity contribution >= 4 is 29.8 Å². The van der Waals surface area contributed by atoms with Crippen LogP contribution in [0.5, 0.6) is 0 Å². The Bertz CT molecular complexity index is 554. The van der Waals surface area contributed by atoms with E-state index in [0.717, 1.165) is 25.7 Å². The standard InChI is InChI=1S/C12H22ClNO5S2/c13-20(16,17)8-12-6-14(21(18,19)9-12)5-10-1-3-11(7-15)4-2-10/h10-12,15H,1-9H2. The van der Waals surface area contributed by atoms with E-state index in [0.29, 0.717) is 18.4 Å². The maximum absolute atomic E-state index is 12.1. The topological polar surface area (TPSA) is 91.8 Å². The molecule has 0 amide bonds. The molecule has 0 aromatic heterocycles. The number of halogens is 1. The van der Waals surface area contributed by atoms with Crippen LogP contribution >= 0.6 is 10.7 Å². The largest absolute Gasteiger partial charge is 0.396 e. The predicted octanol–water partition coefficient (Wildman–Crippen LogP) is 0.615. The molecular formula is C12H22ClNO5S2. The highest BCUT2D eigenvalue weighted by Gasteiger charge is 2.39. The normalized spacial score (nSPS) is 34.1. The summed E-state index contributed by atoms with van der Waals surface area (Å²) in [7, 11) is -1.82. The van der Waals surface area contributed by atoms with Crippen molar-refractivity contribution in [2.75, 3.05) is 31.2 Å². The van der Waals surface area contributed by atoms with Crippen LogP contribution in [0.25, 0.3) is 0 Å². The third kappa shape index (κ3) is 5.06. The highest BCUT2D eigenvalue weighted by atomic mass is 35.7. The van der Waals surface area contributed by atoms with Crippen LogP contribution in [0.2, 0.25) is 0 Å². The molecule has 1 heterocycles. The van der Waals surface area contributed by atoms with E-state index in [1.807, 2.05) is 0 Å². The molecule has 1 aliphatic carbocycles. The van der Waals surface area contributed by atoms with Crippen LogP contribution in [0.4, 0.5) is 0 Å². The van der Waals surface area contributed by atoms with Crippen molar-refractivity contribution in [2.45, 2.75) is 25.7 Å². The Kier molecular flexibility index (Phi) is 5.57. The molecule has 0 aromatic carbocycles. The summed E-state index contributed by atoms with van der Waals surface area (Å²) in [4.78, 5) is 0. The van der Waals surface area contributed by atoms with E-state index in [1.165, 1.54) is 4.31 Å². The van der Waals surface area contributed by atoms with Gasteiger partial charge in [-0.1, -0.05) is 0 Å². The van der Waals surface area contributed by atoms with E-state index in [-0.39, 0.29) is 24.7 Å². The van der Waals surface area contributed by atoms with E-state index in [9.17, 15) is 16.8 Å². The third-order valence-corrected chi connectivity index (χ3v) is 7.65. The molecule has 124 valence electrons. The summed E-state index contributed by atoms with van der Waals surface area (Å²) in [5.74, 6) is -0.224. The molecule has 2 rings (SSSR count). The predicted molar refractivity (Wildman–Crippen MR) is 81.0 cm³/mol. The molecule has 0 aromatic rings. The molecule has 9 heteroatoms. The number of nitrogens with zero attached hydrogens (tertiary/aromatic N) is 1. The fourth-order valence-electron chi connectivity index (χ4n) is 3.31. The van der Waals surface area contributed by atoms with Crippen LogP contribution in [0.15, 0.2) is 0 Å². The summed E-state index contributed by atoms with van der Waals surface area (Å²) in [5.41, 5.74) is 0. The second-order valence-electron chi connectivity index (χ2n) is 6.24. The Morgan fingerprint density at radius 1 is 1.10 bits per heavy atom. The zero-order valence-corrected chi connectivity index (χ0v) is 14.2. The molecule has 6 nitrogen and oxygen atoms in total. The van der Waals surface area contributed by atoms with E-state index in [4.69, 9.17) is 15.8 Å². The summed E-state index contributed by atoms with van der Waals surface area (Å²) >= 11 is 0. The van der Waals surface area contributed by atoms with Crippen molar-refractivity contribution in [2.24, 2.45) is 17.8 Å². The quantitative estimate of drug-likeness (QED) is 0.726. The van der Waals surface area contributed by atoms with E-state index < -0.39 is 25.0 Å². The fraction of sp³-hybridized carbons (Fsp3) is 1.00. The first kappa shape index (κ1) is 17.5. The number of aliphatic hydroxyl groups is 1. The minimum atomic E-state index is -3.67. The molecule has 1 aliphatic heterocycles. The lowest BCUT2D eigenvalue weighted by Gasteiger charge is -2.29. The van der Waals surface area contributed by atoms with Gasteiger partial charge in [0.2, 0.25) is 19.1 Å². The van der Waals surface area contributed by atoms with E-state index in [1.54, 1.807) is 0 Å². The summed E-state index contributed by atoms with van der Waals surface area (Å²) in [6.07, 6.45) is 3.68. The maximum Gasteiger partial charge on any atom is 0.232 e. The molecule has 1 unspecified atom stereocenters. The van der Waals surface area contributed by atoms with Gasteiger partial charge in [-0.05, 0) is 37.5 Å². The Balaban J connectivity index is 1.91. The summed E-state index contributed by atoms with van der Waals surface area (Å²) in [6.45, 7) is 0.901. The van der Waals surface area contributed by atoms with Gasteiger partial charge in [0, 0.05) is 36.3 Å². The average molecular weight is 360 g/mol. The number of sulfonamides is 1. The Labute approximate surface area is 130 Å². The molecule has 2 aliphatic rings. The lowest BCUT2D eigenvalue weighted by molar-refractivity contribution is 0.158. The van der Waals surface area contributed by atoms with Crippen molar-refractivity contribution in [1.82, 2.24) is 4.31 Å². The van der Waals surface area contributed by atoms with Gasteiger partial charge >= 0.3 is 0 Å². The van der Waals surface area contributed by atoms with Crippen LogP contribution in [0.1, 0.15) is 25.7 Å². The zero-order valence-electron chi connectivity index (χ0n) is 11.8. The van der Waals surface area contributed by atoms with Gasteiger partial charge in [0.05, 0.1) is 11.5 Å². The summed E-state index contributed by atoms with van der Waals surface area (Å²) < 4.78 is 47.8. The van der Waals surface area contributed by atoms with Gasteiger partial charge in [-0.3, -0.25) is 0 Å². The van der Waals surface area contributed by atoms with Crippen molar-refractivity contribution in [3.8, 4) is 0 Å². The first-order valence-corrected chi connectivity index (χ1v) is 11.3. The molecule has 21 heavy (non-hydrogen) atoms. The highest BCUT2D eigenvalue weighted by Crippen LogP contribution is 2.31. The molecule has 2 fully saturated rings. The number of aliphatic hydroxyl groups excluding tert-OH is 1. The van der Waals surface area contributed by atoms with Gasteiger partial charge in [0.15, 0.2) is 0 Å². The van der Waals surface area contributed by atoms with Crippen molar-refractivity contribution in [3.05, 3.63) is 0 Å². The molecule has 1 atom stereocenters. The van der Waals surface area contributed by atoms with Crippen LogP contribution in [0, 0.1) is 17.8 Å².